The van der Waals surface area contributed by atoms with Crippen molar-refractivity contribution >= 4 is 17.0 Å². The molecular formula is C5H6N5Na. The summed E-state index contributed by atoms with van der Waals surface area (Å²) < 4.78 is 0. The fourth-order valence-electron chi connectivity index (χ4n) is 0.784. The van der Waals surface area contributed by atoms with E-state index in [0.29, 0.717) is 17.0 Å². The largest absolute Gasteiger partial charge is 1.00 e. The SMILES string of the molecule is Nc1ncnc2nc[nH]c12.[H-].[Na+]. The zero-order valence-corrected chi connectivity index (χ0v) is 8.07. The van der Waals surface area contributed by atoms with Gasteiger partial charge in [-0.05, 0) is 0 Å². The number of hydrogen-bond acceptors (Lipinski definition) is 4. The smallest absolute Gasteiger partial charge is 1.00 e. The van der Waals surface area contributed by atoms with Crippen LogP contribution in [0.1, 0.15) is 1.43 Å². The molecule has 6 heteroatoms. The van der Waals surface area contributed by atoms with Crippen molar-refractivity contribution in [2.24, 2.45) is 0 Å². The Labute approximate surface area is 86.2 Å². The molecule has 2 rings (SSSR count). The number of imidazole rings is 1. The molecule has 0 fully saturated rings. The molecule has 0 unspecified atom stereocenters. The molecule has 52 valence electrons. The van der Waals surface area contributed by atoms with Gasteiger partial charge in [0.2, 0.25) is 0 Å². The molecule has 0 amide bonds. The quantitative estimate of drug-likeness (QED) is 0.403. The van der Waals surface area contributed by atoms with Gasteiger partial charge in [-0.15, -0.1) is 0 Å². The molecule has 2 aromatic heterocycles. The van der Waals surface area contributed by atoms with Gasteiger partial charge in [0.15, 0.2) is 11.5 Å². The predicted molar refractivity (Wildman–Crippen MR) is 37.2 cm³/mol. The molecule has 0 saturated heterocycles. The van der Waals surface area contributed by atoms with Gasteiger partial charge in [-0.25, -0.2) is 15.0 Å². The average molecular weight is 159 g/mol. The molecule has 0 aromatic carbocycles. The van der Waals surface area contributed by atoms with Gasteiger partial charge in [-0.3, -0.25) is 0 Å². The molecule has 0 aliphatic heterocycles. The van der Waals surface area contributed by atoms with Crippen LogP contribution in [0.25, 0.3) is 11.2 Å². The van der Waals surface area contributed by atoms with Gasteiger partial charge in [0.25, 0.3) is 0 Å². The van der Waals surface area contributed by atoms with Gasteiger partial charge in [0, 0.05) is 0 Å². The van der Waals surface area contributed by atoms with Crippen LogP contribution in [-0.4, -0.2) is 19.9 Å². The number of nitrogens with two attached hydrogens (primary N) is 1. The van der Waals surface area contributed by atoms with Gasteiger partial charge in [-0.2, -0.15) is 0 Å². The minimum absolute atomic E-state index is 0. The van der Waals surface area contributed by atoms with Crippen LogP contribution in [0.4, 0.5) is 5.82 Å². The molecule has 0 aliphatic carbocycles. The third kappa shape index (κ3) is 1.35. The number of rotatable bonds is 0. The minimum Gasteiger partial charge on any atom is -1.00 e. The van der Waals surface area contributed by atoms with Gasteiger partial charge < -0.3 is 12.1 Å². The third-order valence-corrected chi connectivity index (χ3v) is 1.25. The van der Waals surface area contributed by atoms with E-state index in [-0.39, 0.29) is 31.0 Å². The molecule has 2 heterocycles. The van der Waals surface area contributed by atoms with E-state index in [0.717, 1.165) is 0 Å². The molecule has 0 bridgehead atoms. The Kier molecular flexibility index (Phi) is 2.43. The number of nitrogen functional groups attached to an aromatic ring is 1. The average Bonchev–Trinajstić information content (AvgIpc) is 2.36. The summed E-state index contributed by atoms with van der Waals surface area (Å²) in [6.45, 7) is 0. The summed E-state index contributed by atoms with van der Waals surface area (Å²) in [6.07, 6.45) is 2.92. The van der Waals surface area contributed by atoms with Crippen LogP contribution in [0.15, 0.2) is 12.7 Å². The van der Waals surface area contributed by atoms with Crippen molar-refractivity contribution in [3.63, 3.8) is 0 Å². The second-order valence-corrected chi connectivity index (χ2v) is 1.86. The molecule has 3 N–H and O–H groups in total. The first-order valence-electron chi connectivity index (χ1n) is 2.77. The van der Waals surface area contributed by atoms with Crippen LogP contribution in [-0.2, 0) is 0 Å². The van der Waals surface area contributed by atoms with Crippen LogP contribution in [0.3, 0.4) is 0 Å². The van der Waals surface area contributed by atoms with Crippen molar-refractivity contribution < 1.29 is 31.0 Å². The second-order valence-electron chi connectivity index (χ2n) is 1.86. The maximum absolute atomic E-state index is 5.48. The molecule has 0 saturated carbocycles. The maximum atomic E-state index is 5.48. The van der Waals surface area contributed by atoms with E-state index in [9.17, 15) is 0 Å². The number of aromatic amines is 1. The number of aromatic nitrogens is 4. The fraction of sp³-hybridized carbons (Fsp3) is 0. The van der Waals surface area contributed by atoms with Gasteiger partial charge in [-0.1, -0.05) is 0 Å². The molecule has 0 aliphatic rings. The van der Waals surface area contributed by atoms with Crippen LogP contribution >= 0.6 is 0 Å². The maximum Gasteiger partial charge on any atom is 1.00 e. The van der Waals surface area contributed by atoms with Crippen molar-refractivity contribution in [1.82, 2.24) is 19.9 Å². The normalized spacial score (nSPS) is 9.45. The Morgan fingerprint density at radius 1 is 1.36 bits per heavy atom. The Bertz CT molecular complexity index is 361. The van der Waals surface area contributed by atoms with Crippen molar-refractivity contribution in [2.75, 3.05) is 5.73 Å². The monoisotopic (exact) mass is 159 g/mol. The topological polar surface area (TPSA) is 80.5 Å². The number of anilines is 1. The van der Waals surface area contributed by atoms with E-state index in [1.165, 1.54) is 12.7 Å². The molecule has 2 aromatic rings. The van der Waals surface area contributed by atoms with Crippen molar-refractivity contribution in [2.45, 2.75) is 0 Å². The summed E-state index contributed by atoms with van der Waals surface area (Å²) in [5.74, 6) is 0.433. The van der Waals surface area contributed by atoms with Crippen LogP contribution < -0.4 is 35.3 Å². The Hall–Kier alpha value is -0.650. The second kappa shape index (κ2) is 3.17. The summed E-state index contributed by atoms with van der Waals surface area (Å²) in [7, 11) is 0. The van der Waals surface area contributed by atoms with Crippen molar-refractivity contribution in [1.29, 1.82) is 0 Å². The van der Waals surface area contributed by atoms with Gasteiger partial charge in [0.1, 0.15) is 11.8 Å². The third-order valence-electron chi connectivity index (χ3n) is 1.25. The zero-order valence-electron chi connectivity index (χ0n) is 7.07. The number of nitrogens with one attached hydrogen (secondary N) is 1. The van der Waals surface area contributed by atoms with Crippen molar-refractivity contribution in [3.8, 4) is 0 Å². The van der Waals surface area contributed by atoms with E-state index in [1.807, 2.05) is 0 Å². The van der Waals surface area contributed by atoms with Crippen LogP contribution in [0.5, 0.6) is 0 Å². The minimum atomic E-state index is 0. The summed E-state index contributed by atoms with van der Waals surface area (Å²) >= 11 is 0. The number of H-pyrrole nitrogens is 1. The van der Waals surface area contributed by atoms with E-state index in [2.05, 4.69) is 19.9 Å². The van der Waals surface area contributed by atoms with Crippen LogP contribution in [0, 0.1) is 0 Å². The molecule has 11 heavy (non-hydrogen) atoms. The number of nitrogens with zero attached hydrogens (tertiary/aromatic N) is 3. The molecular weight excluding hydrogens is 153 g/mol. The van der Waals surface area contributed by atoms with Crippen LogP contribution in [0.2, 0.25) is 0 Å². The Morgan fingerprint density at radius 3 is 2.91 bits per heavy atom. The molecule has 0 spiro atoms. The predicted octanol–water partition coefficient (Wildman–Crippen LogP) is -2.95. The zero-order chi connectivity index (χ0) is 6.97. The summed E-state index contributed by atoms with van der Waals surface area (Å²) in [4.78, 5) is 14.4. The summed E-state index contributed by atoms with van der Waals surface area (Å²) in [5.41, 5.74) is 6.78. The standard InChI is InChI=1S/C5H5N5.Na.H/c6-4-3-5(9-1-7-3)10-2-8-4;;/h1-2H,(H3,6,7,8,9,10);;/q;+1;-1. The van der Waals surface area contributed by atoms with Gasteiger partial charge in [0.05, 0.1) is 6.33 Å². The summed E-state index contributed by atoms with van der Waals surface area (Å²) in [5, 5.41) is 0. The number of hydrogen-bond donors (Lipinski definition) is 2. The van der Waals surface area contributed by atoms with E-state index >= 15 is 0 Å². The Balaban J connectivity index is 0.000000605. The molecule has 0 radical (unpaired) electrons. The fourth-order valence-corrected chi connectivity index (χ4v) is 0.784. The first-order valence-corrected chi connectivity index (χ1v) is 2.77. The number of fused-ring (bicyclic) bond motifs is 1. The van der Waals surface area contributed by atoms with Gasteiger partial charge >= 0.3 is 29.6 Å². The van der Waals surface area contributed by atoms with Crippen molar-refractivity contribution in [3.05, 3.63) is 12.7 Å². The first kappa shape index (κ1) is 8.45. The molecule has 5 nitrogen and oxygen atoms in total. The van der Waals surface area contributed by atoms with E-state index in [1.54, 1.807) is 0 Å². The Morgan fingerprint density at radius 2 is 2.18 bits per heavy atom. The summed E-state index contributed by atoms with van der Waals surface area (Å²) in [6, 6.07) is 0. The van der Waals surface area contributed by atoms with E-state index < -0.39 is 0 Å². The van der Waals surface area contributed by atoms with E-state index in [4.69, 9.17) is 5.73 Å². The molecule has 0 atom stereocenters. The first-order chi connectivity index (χ1) is 4.88.